The first-order valence-electron chi connectivity index (χ1n) is 10.8. The highest BCUT2D eigenvalue weighted by molar-refractivity contribution is 6.30. The number of benzene rings is 3. The van der Waals surface area contributed by atoms with Crippen LogP contribution in [0.3, 0.4) is 0 Å². The molecule has 3 aromatic carbocycles. The molecule has 0 spiro atoms. The fourth-order valence-corrected chi connectivity index (χ4v) is 4.22. The quantitative estimate of drug-likeness (QED) is 0.544. The highest BCUT2D eigenvalue weighted by atomic mass is 35.5. The average molecular weight is 437 g/mol. The molecule has 1 aliphatic rings. The lowest BCUT2D eigenvalue weighted by Crippen LogP contribution is -2.33. The van der Waals surface area contributed by atoms with Crippen molar-refractivity contribution in [3.8, 4) is 11.5 Å². The second-order valence-electron chi connectivity index (χ2n) is 7.78. The van der Waals surface area contributed by atoms with Crippen molar-refractivity contribution < 1.29 is 9.47 Å². The summed E-state index contributed by atoms with van der Waals surface area (Å²) in [6.45, 7) is 4.57. The topological polar surface area (TPSA) is 33.7 Å². The second kappa shape index (κ2) is 10.7. The van der Waals surface area contributed by atoms with Crippen molar-refractivity contribution in [1.29, 1.82) is 0 Å². The molecule has 162 valence electrons. The maximum Gasteiger partial charge on any atom is 0.161 e. The van der Waals surface area contributed by atoms with Gasteiger partial charge >= 0.3 is 0 Å². The minimum absolute atomic E-state index is 0.134. The Labute approximate surface area is 189 Å². The molecular formula is C26H29ClN2O2. The number of nitrogens with one attached hydrogen (secondary N) is 1. The first-order chi connectivity index (χ1) is 15.2. The summed E-state index contributed by atoms with van der Waals surface area (Å²) in [6, 6.07) is 24.8. The molecule has 1 aliphatic heterocycles. The van der Waals surface area contributed by atoms with E-state index in [-0.39, 0.29) is 6.04 Å². The predicted octanol–water partition coefficient (Wildman–Crippen LogP) is 5.31. The Morgan fingerprint density at radius 1 is 0.903 bits per heavy atom. The molecule has 1 atom stereocenters. The molecule has 0 amide bonds. The van der Waals surface area contributed by atoms with Crippen LogP contribution in [0.5, 0.6) is 11.5 Å². The van der Waals surface area contributed by atoms with Gasteiger partial charge in [0.25, 0.3) is 0 Å². The van der Waals surface area contributed by atoms with Crippen LogP contribution in [0.2, 0.25) is 5.02 Å². The van der Waals surface area contributed by atoms with Crippen molar-refractivity contribution in [1.82, 2.24) is 10.2 Å². The van der Waals surface area contributed by atoms with Crippen molar-refractivity contribution in [2.24, 2.45) is 0 Å². The highest BCUT2D eigenvalue weighted by Gasteiger charge is 2.24. The van der Waals surface area contributed by atoms with Gasteiger partial charge in [0.1, 0.15) is 6.61 Å². The van der Waals surface area contributed by atoms with Gasteiger partial charge in [0.05, 0.1) is 13.2 Å². The summed E-state index contributed by atoms with van der Waals surface area (Å²) in [5, 5.41) is 4.25. The number of hydrogen-bond acceptors (Lipinski definition) is 4. The third kappa shape index (κ3) is 5.59. The van der Waals surface area contributed by atoms with Gasteiger partial charge in [-0.15, -0.1) is 0 Å². The molecule has 3 aromatic rings. The van der Waals surface area contributed by atoms with Crippen LogP contribution in [0.25, 0.3) is 0 Å². The zero-order chi connectivity index (χ0) is 21.5. The lowest BCUT2D eigenvalue weighted by molar-refractivity contribution is 0.239. The molecule has 0 bridgehead atoms. The SMILES string of the molecule is COc1cc(C(c2ccc(Cl)cc2)N2CCCNCC2)ccc1OCc1ccccc1. The molecule has 0 saturated carbocycles. The van der Waals surface area contributed by atoms with Crippen molar-refractivity contribution in [3.05, 3.63) is 94.5 Å². The Morgan fingerprint density at radius 2 is 1.68 bits per heavy atom. The number of rotatable bonds is 7. The number of ether oxygens (including phenoxy) is 2. The maximum absolute atomic E-state index is 6.17. The molecule has 4 nitrogen and oxygen atoms in total. The highest BCUT2D eigenvalue weighted by Crippen LogP contribution is 2.36. The van der Waals surface area contributed by atoms with Gasteiger partial charge in [-0.05, 0) is 53.9 Å². The summed E-state index contributed by atoms with van der Waals surface area (Å²) in [5.74, 6) is 1.50. The van der Waals surface area contributed by atoms with Gasteiger partial charge in [0, 0.05) is 24.7 Å². The summed E-state index contributed by atoms with van der Waals surface area (Å²) in [6.07, 6.45) is 1.12. The zero-order valence-electron chi connectivity index (χ0n) is 17.9. The molecule has 4 rings (SSSR count). The molecule has 0 aromatic heterocycles. The van der Waals surface area contributed by atoms with Crippen molar-refractivity contribution >= 4 is 11.6 Å². The van der Waals surface area contributed by atoms with Crippen LogP contribution in [0.4, 0.5) is 0 Å². The Kier molecular flexibility index (Phi) is 7.47. The van der Waals surface area contributed by atoms with Gasteiger partial charge < -0.3 is 14.8 Å². The molecule has 5 heteroatoms. The summed E-state index contributed by atoms with van der Waals surface area (Å²) in [4.78, 5) is 2.53. The third-order valence-electron chi connectivity index (χ3n) is 5.67. The maximum atomic E-state index is 6.17. The van der Waals surface area contributed by atoms with Crippen LogP contribution in [-0.2, 0) is 6.61 Å². The van der Waals surface area contributed by atoms with Crippen LogP contribution < -0.4 is 14.8 Å². The van der Waals surface area contributed by atoms with E-state index in [2.05, 4.69) is 46.6 Å². The van der Waals surface area contributed by atoms with E-state index in [9.17, 15) is 0 Å². The Morgan fingerprint density at radius 3 is 2.45 bits per heavy atom. The van der Waals surface area contributed by atoms with Gasteiger partial charge in [0.15, 0.2) is 11.5 Å². The molecule has 31 heavy (non-hydrogen) atoms. The fraction of sp³-hybridized carbons (Fsp3) is 0.308. The van der Waals surface area contributed by atoms with E-state index in [1.54, 1.807) is 7.11 Å². The molecule has 1 N–H and O–H groups in total. The van der Waals surface area contributed by atoms with Gasteiger partial charge in [0.2, 0.25) is 0 Å². The number of hydrogen-bond donors (Lipinski definition) is 1. The first-order valence-corrected chi connectivity index (χ1v) is 11.2. The van der Waals surface area contributed by atoms with Gasteiger partial charge in [-0.2, -0.15) is 0 Å². The predicted molar refractivity (Wildman–Crippen MR) is 126 cm³/mol. The Balaban J connectivity index is 1.63. The largest absolute Gasteiger partial charge is 0.493 e. The standard InChI is InChI=1S/C26H29ClN2O2/c1-30-25-18-22(10-13-24(25)31-19-20-6-3-2-4-7-20)26(21-8-11-23(27)12-9-21)29-16-5-14-28-15-17-29/h2-4,6-13,18,26,28H,5,14-17,19H2,1H3. The van der Waals surface area contributed by atoms with E-state index in [0.29, 0.717) is 6.61 Å². The monoisotopic (exact) mass is 436 g/mol. The first kappa shape index (κ1) is 21.7. The van der Waals surface area contributed by atoms with Crippen molar-refractivity contribution in [2.75, 3.05) is 33.3 Å². The smallest absolute Gasteiger partial charge is 0.161 e. The zero-order valence-corrected chi connectivity index (χ0v) is 18.6. The number of nitrogens with zero attached hydrogens (tertiary/aromatic N) is 1. The summed E-state index contributed by atoms with van der Waals surface area (Å²) in [5.41, 5.74) is 3.55. The lowest BCUT2D eigenvalue weighted by atomic mass is 9.96. The third-order valence-corrected chi connectivity index (χ3v) is 5.92. The van der Waals surface area contributed by atoms with Crippen molar-refractivity contribution in [2.45, 2.75) is 19.1 Å². The van der Waals surface area contributed by atoms with E-state index in [0.717, 1.165) is 54.7 Å². The molecule has 1 heterocycles. The molecule has 1 saturated heterocycles. The van der Waals surface area contributed by atoms with Gasteiger partial charge in [-0.25, -0.2) is 0 Å². The van der Waals surface area contributed by atoms with E-state index >= 15 is 0 Å². The number of methoxy groups -OCH3 is 1. The van der Waals surface area contributed by atoms with Crippen molar-refractivity contribution in [3.63, 3.8) is 0 Å². The summed E-state index contributed by atoms with van der Waals surface area (Å²) in [7, 11) is 1.70. The molecular weight excluding hydrogens is 408 g/mol. The van der Waals surface area contributed by atoms with E-state index in [4.69, 9.17) is 21.1 Å². The minimum atomic E-state index is 0.134. The summed E-state index contributed by atoms with van der Waals surface area (Å²) < 4.78 is 11.8. The minimum Gasteiger partial charge on any atom is -0.493 e. The van der Waals surface area contributed by atoms with Gasteiger partial charge in [-0.1, -0.05) is 60.1 Å². The Bertz CT molecular complexity index is 955. The van der Waals surface area contributed by atoms with E-state index < -0.39 is 0 Å². The molecule has 1 unspecified atom stereocenters. The normalized spacial score (nSPS) is 15.8. The van der Waals surface area contributed by atoms with Crippen LogP contribution in [0.1, 0.15) is 29.2 Å². The van der Waals surface area contributed by atoms with Crippen LogP contribution >= 0.6 is 11.6 Å². The number of halogens is 1. The van der Waals surface area contributed by atoms with Crippen LogP contribution in [0.15, 0.2) is 72.8 Å². The second-order valence-corrected chi connectivity index (χ2v) is 8.21. The molecule has 1 fully saturated rings. The Hall–Kier alpha value is -2.53. The van der Waals surface area contributed by atoms with Crippen LogP contribution in [-0.4, -0.2) is 38.2 Å². The van der Waals surface area contributed by atoms with Gasteiger partial charge in [-0.3, -0.25) is 4.90 Å². The summed E-state index contributed by atoms with van der Waals surface area (Å²) >= 11 is 6.17. The fourth-order valence-electron chi connectivity index (χ4n) is 4.09. The van der Waals surface area contributed by atoms with Crippen LogP contribution in [0, 0.1) is 0 Å². The lowest BCUT2D eigenvalue weighted by Gasteiger charge is -2.31. The average Bonchev–Trinajstić information content (AvgIpc) is 3.09. The molecule has 0 aliphatic carbocycles. The van der Waals surface area contributed by atoms with E-state index in [1.807, 2.05) is 36.4 Å². The van der Waals surface area contributed by atoms with E-state index in [1.165, 1.54) is 11.1 Å². The molecule has 0 radical (unpaired) electrons.